The van der Waals surface area contributed by atoms with Crippen LogP contribution in [0.3, 0.4) is 0 Å². The molecule has 0 aromatic heterocycles. The van der Waals surface area contributed by atoms with Crippen LogP contribution in [0.5, 0.6) is 11.5 Å². The first kappa shape index (κ1) is 22.4. The highest BCUT2D eigenvalue weighted by Gasteiger charge is 2.21. The van der Waals surface area contributed by atoms with Crippen LogP contribution in [-0.2, 0) is 0 Å². The first-order valence-electron chi connectivity index (χ1n) is 10.1. The molecule has 1 saturated heterocycles. The molecule has 0 saturated carbocycles. The number of Topliss-reactive ketones (excluding diaryl/α,β-unsaturated/α-hetero) is 1. The van der Waals surface area contributed by atoms with Gasteiger partial charge in [0, 0.05) is 49.0 Å². The van der Waals surface area contributed by atoms with Crippen molar-refractivity contribution in [3.8, 4) is 11.5 Å². The number of hydrogen-bond acceptors (Lipinski definition) is 6. The molecule has 2 aromatic carbocycles. The largest absolute Gasteiger partial charge is 0.493 e. The van der Waals surface area contributed by atoms with Gasteiger partial charge in [-0.25, -0.2) is 0 Å². The van der Waals surface area contributed by atoms with Crippen molar-refractivity contribution in [3.63, 3.8) is 0 Å². The van der Waals surface area contributed by atoms with E-state index in [1.807, 2.05) is 19.1 Å². The molecule has 7 heteroatoms. The molecular formula is C23H29ClN2O4. The maximum atomic E-state index is 11.5. The Morgan fingerprint density at radius 2 is 1.90 bits per heavy atom. The summed E-state index contributed by atoms with van der Waals surface area (Å²) in [6.45, 7) is 7.73. The van der Waals surface area contributed by atoms with Crippen LogP contribution in [0.15, 0.2) is 36.4 Å². The van der Waals surface area contributed by atoms with E-state index in [4.69, 9.17) is 21.1 Å². The molecule has 1 aliphatic rings. The van der Waals surface area contributed by atoms with Gasteiger partial charge < -0.3 is 19.5 Å². The second-order valence-electron chi connectivity index (χ2n) is 7.56. The van der Waals surface area contributed by atoms with Crippen molar-refractivity contribution in [2.75, 3.05) is 51.3 Å². The first-order chi connectivity index (χ1) is 14.4. The lowest BCUT2D eigenvalue weighted by Crippen LogP contribution is -2.49. The second kappa shape index (κ2) is 10.2. The summed E-state index contributed by atoms with van der Waals surface area (Å²) < 4.78 is 11.1. The molecule has 0 bridgehead atoms. The van der Waals surface area contributed by atoms with Gasteiger partial charge in [0.25, 0.3) is 0 Å². The highest BCUT2D eigenvalue weighted by atomic mass is 35.5. The van der Waals surface area contributed by atoms with Crippen molar-refractivity contribution >= 4 is 23.1 Å². The fourth-order valence-electron chi connectivity index (χ4n) is 3.65. The zero-order valence-electron chi connectivity index (χ0n) is 17.7. The van der Waals surface area contributed by atoms with Crippen LogP contribution in [0.2, 0.25) is 5.02 Å². The Bertz CT molecular complexity index is 882. The number of carbonyl (C=O) groups is 1. The normalized spacial score (nSPS) is 15.7. The number of anilines is 1. The Labute approximate surface area is 183 Å². The molecule has 1 atom stereocenters. The van der Waals surface area contributed by atoms with Crippen LogP contribution in [0.25, 0.3) is 0 Å². The smallest absolute Gasteiger partial charge is 0.161 e. The average molecular weight is 433 g/mol. The molecule has 1 fully saturated rings. The maximum absolute atomic E-state index is 11.5. The summed E-state index contributed by atoms with van der Waals surface area (Å²) in [5, 5.41) is 11.2. The number of piperazine rings is 1. The number of benzene rings is 2. The van der Waals surface area contributed by atoms with Crippen molar-refractivity contribution < 1.29 is 19.4 Å². The van der Waals surface area contributed by atoms with E-state index < -0.39 is 6.10 Å². The number of carbonyl (C=O) groups excluding carboxylic acids is 1. The van der Waals surface area contributed by atoms with E-state index in [1.54, 1.807) is 18.2 Å². The molecule has 1 aliphatic heterocycles. The second-order valence-corrected chi connectivity index (χ2v) is 7.97. The molecule has 0 amide bonds. The molecular weight excluding hydrogens is 404 g/mol. The molecule has 6 nitrogen and oxygen atoms in total. The number of nitrogens with zero attached hydrogens (tertiary/aromatic N) is 2. The molecule has 1 unspecified atom stereocenters. The van der Waals surface area contributed by atoms with E-state index in [2.05, 4.69) is 15.9 Å². The Morgan fingerprint density at radius 3 is 2.57 bits per heavy atom. The Morgan fingerprint density at radius 1 is 1.17 bits per heavy atom. The van der Waals surface area contributed by atoms with Gasteiger partial charge in [-0.05, 0) is 49.7 Å². The molecule has 3 rings (SSSR count). The highest BCUT2D eigenvalue weighted by Crippen LogP contribution is 2.29. The number of halogens is 1. The summed E-state index contributed by atoms with van der Waals surface area (Å²) in [6.07, 6.45) is -0.623. The van der Waals surface area contributed by atoms with E-state index in [9.17, 15) is 9.90 Å². The van der Waals surface area contributed by atoms with Crippen molar-refractivity contribution in [1.82, 2.24) is 4.90 Å². The van der Waals surface area contributed by atoms with E-state index in [0.717, 1.165) is 36.8 Å². The molecule has 1 heterocycles. The van der Waals surface area contributed by atoms with Crippen molar-refractivity contribution in [2.45, 2.75) is 20.0 Å². The van der Waals surface area contributed by atoms with Gasteiger partial charge in [-0.3, -0.25) is 9.69 Å². The third-order valence-electron chi connectivity index (χ3n) is 5.42. The molecule has 0 spiro atoms. The summed E-state index contributed by atoms with van der Waals surface area (Å²) in [5.41, 5.74) is 2.84. The van der Waals surface area contributed by atoms with Gasteiger partial charge >= 0.3 is 0 Å². The maximum Gasteiger partial charge on any atom is 0.161 e. The summed E-state index contributed by atoms with van der Waals surface area (Å²) in [4.78, 5) is 16.1. The molecule has 0 aliphatic carbocycles. The zero-order chi connectivity index (χ0) is 21.7. The molecule has 30 heavy (non-hydrogen) atoms. The van der Waals surface area contributed by atoms with Crippen LogP contribution >= 0.6 is 11.6 Å². The van der Waals surface area contributed by atoms with Crippen LogP contribution in [0.1, 0.15) is 22.8 Å². The van der Waals surface area contributed by atoms with Gasteiger partial charge in [0.05, 0.1) is 7.11 Å². The Kier molecular flexibility index (Phi) is 7.58. The van der Waals surface area contributed by atoms with E-state index in [-0.39, 0.29) is 12.4 Å². The summed E-state index contributed by atoms with van der Waals surface area (Å²) in [5.74, 6) is 0.968. The third kappa shape index (κ3) is 5.45. The Balaban J connectivity index is 1.49. The van der Waals surface area contributed by atoms with Gasteiger partial charge in [0.1, 0.15) is 12.7 Å². The van der Waals surface area contributed by atoms with Crippen LogP contribution in [0, 0.1) is 6.92 Å². The minimum absolute atomic E-state index is 0.0352. The van der Waals surface area contributed by atoms with Gasteiger partial charge in [0.2, 0.25) is 0 Å². The minimum atomic E-state index is -0.623. The number of aliphatic hydroxyl groups excluding tert-OH is 1. The van der Waals surface area contributed by atoms with Gasteiger partial charge in [-0.2, -0.15) is 0 Å². The number of ether oxygens (including phenoxy) is 2. The van der Waals surface area contributed by atoms with E-state index in [1.165, 1.54) is 19.7 Å². The van der Waals surface area contributed by atoms with E-state index >= 15 is 0 Å². The number of ketones is 1. The topological polar surface area (TPSA) is 62.2 Å². The van der Waals surface area contributed by atoms with Crippen LogP contribution in [-0.4, -0.2) is 68.3 Å². The highest BCUT2D eigenvalue weighted by molar-refractivity contribution is 6.31. The average Bonchev–Trinajstić information content (AvgIpc) is 2.74. The fourth-order valence-corrected chi connectivity index (χ4v) is 3.82. The number of rotatable bonds is 8. The summed E-state index contributed by atoms with van der Waals surface area (Å²) in [7, 11) is 1.53. The fraction of sp³-hybridized carbons (Fsp3) is 0.435. The summed E-state index contributed by atoms with van der Waals surface area (Å²) >= 11 is 6.25. The number of hydrogen-bond donors (Lipinski definition) is 1. The lowest BCUT2D eigenvalue weighted by Gasteiger charge is -2.37. The van der Waals surface area contributed by atoms with E-state index in [0.29, 0.717) is 23.6 Å². The lowest BCUT2D eigenvalue weighted by molar-refractivity contribution is 0.0653. The SMILES string of the molecule is COc1cc(C(C)=O)ccc1OCC(O)CN1CCN(c2cccc(Cl)c2C)CC1. The molecule has 2 aromatic rings. The van der Waals surface area contributed by atoms with Gasteiger partial charge in [-0.1, -0.05) is 17.7 Å². The predicted molar refractivity (Wildman–Crippen MR) is 119 cm³/mol. The van der Waals surface area contributed by atoms with Crippen molar-refractivity contribution in [1.29, 1.82) is 0 Å². The van der Waals surface area contributed by atoms with Gasteiger partial charge in [-0.15, -0.1) is 0 Å². The Hall–Kier alpha value is -2.28. The quantitative estimate of drug-likeness (QED) is 0.645. The summed E-state index contributed by atoms with van der Waals surface area (Å²) in [6, 6.07) is 11.1. The third-order valence-corrected chi connectivity index (χ3v) is 5.83. The van der Waals surface area contributed by atoms with Gasteiger partial charge in [0.15, 0.2) is 17.3 Å². The van der Waals surface area contributed by atoms with Crippen LogP contribution < -0.4 is 14.4 Å². The molecule has 162 valence electrons. The van der Waals surface area contributed by atoms with Crippen molar-refractivity contribution in [3.05, 3.63) is 52.5 Å². The standard InChI is InChI=1S/C23H29ClN2O4/c1-16-20(24)5-4-6-21(16)26-11-9-25(10-12-26)14-19(28)15-30-22-8-7-18(17(2)27)13-23(22)29-3/h4-8,13,19,28H,9-12,14-15H2,1-3H3. The number of methoxy groups -OCH3 is 1. The minimum Gasteiger partial charge on any atom is -0.493 e. The molecule has 0 radical (unpaired) electrons. The first-order valence-corrected chi connectivity index (χ1v) is 10.5. The number of aliphatic hydroxyl groups is 1. The predicted octanol–water partition coefficient (Wildman–Crippen LogP) is 3.42. The zero-order valence-corrected chi connectivity index (χ0v) is 18.5. The monoisotopic (exact) mass is 432 g/mol. The van der Waals surface area contributed by atoms with Crippen molar-refractivity contribution in [2.24, 2.45) is 0 Å². The number of β-amino-alcohol motifs (C(OH)–C–C–N with tert-alkyl or cyclic N) is 1. The lowest BCUT2D eigenvalue weighted by atomic mass is 10.1. The molecule has 1 N–H and O–H groups in total. The van der Waals surface area contributed by atoms with Crippen LogP contribution in [0.4, 0.5) is 5.69 Å².